The minimum Gasteiger partial charge on any atom is -0.481 e. The number of ether oxygens (including phenoxy) is 1. The van der Waals surface area contributed by atoms with Gasteiger partial charge in [0.05, 0.1) is 5.56 Å². The summed E-state index contributed by atoms with van der Waals surface area (Å²) in [6.45, 7) is 3.73. The van der Waals surface area contributed by atoms with Gasteiger partial charge in [-0.1, -0.05) is 19.1 Å². The number of rotatable bonds is 6. The lowest BCUT2D eigenvalue weighted by atomic mass is 10.2. The third-order valence-corrected chi connectivity index (χ3v) is 3.41. The van der Waals surface area contributed by atoms with Crippen LogP contribution in [0.5, 0.6) is 5.75 Å². The van der Waals surface area contributed by atoms with Crippen molar-refractivity contribution in [1.82, 2.24) is 0 Å². The molecule has 23 heavy (non-hydrogen) atoms. The van der Waals surface area contributed by atoms with Crippen LogP contribution in [-0.2, 0) is 11.2 Å². The van der Waals surface area contributed by atoms with Crippen LogP contribution >= 0.6 is 0 Å². The van der Waals surface area contributed by atoms with Gasteiger partial charge in [-0.05, 0) is 55.3 Å². The summed E-state index contributed by atoms with van der Waals surface area (Å²) >= 11 is 0. The molecule has 0 aromatic heterocycles. The second-order valence-corrected chi connectivity index (χ2v) is 5.13. The minimum absolute atomic E-state index is 0.170. The molecule has 2 aromatic rings. The number of carboxylic acids is 1. The van der Waals surface area contributed by atoms with Crippen LogP contribution in [0.2, 0.25) is 0 Å². The fourth-order valence-corrected chi connectivity index (χ4v) is 2.00. The second-order valence-electron chi connectivity index (χ2n) is 5.13. The maximum atomic E-state index is 12.1. The number of carbonyl (C=O) groups excluding carboxylic acids is 1. The van der Waals surface area contributed by atoms with E-state index in [9.17, 15) is 9.59 Å². The van der Waals surface area contributed by atoms with Crippen LogP contribution in [0.15, 0.2) is 48.5 Å². The van der Waals surface area contributed by atoms with Gasteiger partial charge in [-0.2, -0.15) is 0 Å². The van der Waals surface area contributed by atoms with Gasteiger partial charge in [0.25, 0.3) is 5.91 Å². The molecule has 0 saturated heterocycles. The largest absolute Gasteiger partial charge is 0.481 e. The normalized spacial score (nSPS) is 11.6. The summed E-state index contributed by atoms with van der Waals surface area (Å²) in [5, 5.41) is 11.5. The molecule has 120 valence electrons. The number of aromatic carboxylic acids is 1. The summed E-state index contributed by atoms with van der Waals surface area (Å²) < 4.78 is 5.60. The highest BCUT2D eigenvalue weighted by atomic mass is 16.5. The summed E-state index contributed by atoms with van der Waals surface area (Å²) in [4.78, 5) is 22.9. The Morgan fingerprint density at radius 1 is 1.09 bits per heavy atom. The lowest BCUT2D eigenvalue weighted by Crippen LogP contribution is -2.30. The molecule has 0 radical (unpaired) electrons. The molecule has 2 N–H and O–H groups in total. The van der Waals surface area contributed by atoms with Crippen molar-refractivity contribution < 1.29 is 19.4 Å². The number of amides is 1. The topological polar surface area (TPSA) is 75.6 Å². The van der Waals surface area contributed by atoms with Crippen molar-refractivity contribution in [3.8, 4) is 5.75 Å². The predicted octanol–water partition coefficient (Wildman–Crippen LogP) is 3.35. The molecule has 0 bridgehead atoms. The summed E-state index contributed by atoms with van der Waals surface area (Å²) in [5.41, 5.74) is 1.90. The van der Waals surface area contributed by atoms with Gasteiger partial charge in [0, 0.05) is 5.69 Å². The third kappa shape index (κ3) is 4.57. The first kappa shape index (κ1) is 16.5. The van der Waals surface area contributed by atoms with Gasteiger partial charge in [-0.3, -0.25) is 4.79 Å². The summed E-state index contributed by atoms with van der Waals surface area (Å²) in [6, 6.07) is 13.6. The first-order valence-electron chi connectivity index (χ1n) is 7.39. The van der Waals surface area contributed by atoms with Crippen molar-refractivity contribution in [3.05, 3.63) is 59.7 Å². The van der Waals surface area contributed by atoms with Crippen LogP contribution in [0.25, 0.3) is 0 Å². The maximum Gasteiger partial charge on any atom is 0.335 e. The molecular formula is C18H19NO4. The van der Waals surface area contributed by atoms with Crippen LogP contribution in [0.1, 0.15) is 29.8 Å². The second kappa shape index (κ2) is 7.45. The number of benzene rings is 2. The van der Waals surface area contributed by atoms with Crippen LogP contribution in [-0.4, -0.2) is 23.1 Å². The number of carbonyl (C=O) groups is 2. The molecule has 0 saturated carbocycles. The zero-order valence-electron chi connectivity index (χ0n) is 13.1. The predicted molar refractivity (Wildman–Crippen MR) is 87.9 cm³/mol. The Morgan fingerprint density at radius 2 is 1.70 bits per heavy atom. The Morgan fingerprint density at radius 3 is 2.22 bits per heavy atom. The minimum atomic E-state index is -1.00. The molecule has 0 aliphatic heterocycles. The highest BCUT2D eigenvalue weighted by Gasteiger charge is 2.15. The van der Waals surface area contributed by atoms with E-state index in [0.717, 1.165) is 6.42 Å². The number of aryl methyl sites for hydroxylation is 1. The van der Waals surface area contributed by atoms with Crippen molar-refractivity contribution in [1.29, 1.82) is 0 Å². The number of hydrogen-bond donors (Lipinski definition) is 2. The number of carboxylic acid groups (broad SMARTS) is 1. The van der Waals surface area contributed by atoms with Gasteiger partial charge in [-0.15, -0.1) is 0 Å². The molecule has 0 aliphatic rings. The van der Waals surface area contributed by atoms with Crippen LogP contribution in [0.4, 0.5) is 5.69 Å². The molecule has 0 spiro atoms. The Hall–Kier alpha value is -2.82. The quantitative estimate of drug-likeness (QED) is 0.857. The number of hydrogen-bond acceptors (Lipinski definition) is 3. The molecule has 1 atom stereocenters. The number of nitrogens with one attached hydrogen (secondary N) is 1. The molecule has 1 amide bonds. The van der Waals surface area contributed by atoms with Gasteiger partial charge in [-0.25, -0.2) is 4.79 Å². The average molecular weight is 313 g/mol. The van der Waals surface area contributed by atoms with Crippen LogP contribution in [0, 0.1) is 0 Å². The molecule has 5 heteroatoms. The van der Waals surface area contributed by atoms with E-state index in [0.29, 0.717) is 11.4 Å². The Labute approximate surface area is 134 Å². The van der Waals surface area contributed by atoms with E-state index in [2.05, 4.69) is 12.2 Å². The molecule has 0 aliphatic carbocycles. The van der Waals surface area contributed by atoms with Gasteiger partial charge in [0.2, 0.25) is 0 Å². The highest BCUT2D eigenvalue weighted by Crippen LogP contribution is 2.15. The van der Waals surface area contributed by atoms with Crippen molar-refractivity contribution in [2.75, 3.05) is 5.32 Å². The van der Waals surface area contributed by atoms with E-state index in [-0.39, 0.29) is 11.5 Å². The maximum absolute atomic E-state index is 12.1. The molecule has 2 aromatic carbocycles. The third-order valence-electron chi connectivity index (χ3n) is 3.41. The van der Waals surface area contributed by atoms with E-state index in [4.69, 9.17) is 9.84 Å². The van der Waals surface area contributed by atoms with Gasteiger partial charge >= 0.3 is 5.97 Å². The SMILES string of the molecule is CCc1ccc(OC(C)C(=O)Nc2ccc(C(=O)O)cc2)cc1. The Bertz CT molecular complexity index is 677. The van der Waals surface area contributed by atoms with E-state index in [1.165, 1.54) is 17.7 Å². The standard InChI is InChI=1S/C18H19NO4/c1-3-13-4-10-16(11-5-13)23-12(2)17(20)19-15-8-6-14(7-9-15)18(21)22/h4-12H,3H2,1-2H3,(H,19,20)(H,21,22). The fourth-order valence-electron chi connectivity index (χ4n) is 2.00. The average Bonchev–Trinajstić information content (AvgIpc) is 2.56. The molecule has 2 rings (SSSR count). The zero-order chi connectivity index (χ0) is 16.8. The zero-order valence-corrected chi connectivity index (χ0v) is 13.1. The van der Waals surface area contributed by atoms with E-state index >= 15 is 0 Å². The van der Waals surface area contributed by atoms with Gasteiger partial charge < -0.3 is 15.2 Å². The lowest BCUT2D eigenvalue weighted by molar-refractivity contribution is -0.122. The summed E-state index contributed by atoms with van der Waals surface area (Å²) in [6.07, 6.45) is 0.282. The van der Waals surface area contributed by atoms with Crippen molar-refractivity contribution in [2.45, 2.75) is 26.4 Å². The highest BCUT2D eigenvalue weighted by molar-refractivity contribution is 5.95. The van der Waals surface area contributed by atoms with Gasteiger partial charge in [0.1, 0.15) is 5.75 Å². The fraction of sp³-hybridized carbons (Fsp3) is 0.222. The molecular weight excluding hydrogens is 294 g/mol. The first-order chi connectivity index (χ1) is 11.0. The van der Waals surface area contributed by atoms with Crippen molar-refractivity contribution in [3.63, 3.8) is 0 Å². The monoisotopic (exact) mass is 313 g/mol. The van der Waals surface area contributed by atoms with E-state index < -0.39 is 12.1 Å². The lowest BCUT2D eigenvalue weighted by Gasteiger charge is -2.15. The molecule has 0 fully saturated rings. The van der Waals surface area contributed by atoms with Crippen LogP contribution < -0.4 is 10.1 Å². The van der Waals surface area contributed by atoms with Gasteiger partial charge in [0.15, 0.2) is 6.10 Å². The van der Waals surface area contributed by atoms with Crippen molar-refractivity contribution in [2.24, 2.45) is 0 Å². The Balaban J connectivity index is 1.94. The number of anilines is 1. The van der Waals surface area contributed by atoms with E-state index in [1.54, 1.807) is 19.1 Å². The van der Waals surface area contributed by atoms with Crippen LogP contribution in [0.3, 0.4) is 0 Å². The first-order valence-corrected chi connectivity index (χ1v) is 7.39. The van der Waals surface area contributed by atoms with Crippen molar-refractivity contribution >= 4 is 17.6 Å². The molecule has 5 nitrogen and oxygen atoms in total. The molecule has 1 unspecified atom stereocenters. The summed E-state index contributed by atoms with van der Waals surface area (Å²) in [5.74, 6) is -0.672. The molecule has 0 heterocycles. The summed E-state index contributed by atoms with van der Waals surface area (Å²) in [7, 11) is 0. The smallest absolute Gasteiger partial charge is 0.335 e. The Kier molecular flexibility index (Phi) is 5.36. The van der Waals surface area contributed by atoms with E-state index in [1.807, 2.05) is 24.3 Å².